The summed E-state index contributed by atoms with van der Waals surface area (Å²) in [5.41, 5.74) is 4.97. The van der Waals surface area contributed by atoms with Gasteiger partial charge in [-0.3, -0.25) is 4.79 Å². The molecule has 0 unspecified atom stereocenters. The number of ketones is 1. The van der Waals surface area contributed by atoms with Crippen molar-refractivity contribution in [3.63, 3.8) is 0 Å². The number of allylic oxidation sites excluding steroid dienone is 2. The molecule has 4 aromatic rings. The van der Waals surface area contributed by atoms with Gasteiger partial charge in [0.25, 0.3) is 0 Å². The Morgan fingerprint density at radius 2 is 1.48 bits per heavy atom. The third-order valence-electron chi connectivity index (χ3n) is 11.2. The summed E-state index contributed by atoms with van der Waals surface area (Å²) in [5.74, 6) is 0.857. The fourth-order valence-electron chi connectivity index (χ4n) is 8.05. The van der Waals surface area contributed by atoms with Gasteiger partial charge < -0.3 is 9.58 Å². The monoisotopic (exact) mass is 861 g/mol. The smallest absolute Gasteiger partial charge is 0.435 e. The van der Waals surface area contributed by atoms with Gasteiger partial charge in [0.1, 0.15) is 0 Å². The Bertz CT molecular complexity index is 1880. The van der Waals surface area contributed by atoms with E-state index in [1.807, 2.05) is 48.8 Å². The van der Waals surface area contributed by atoms with E-state index in [2.05, 4.69) is 44.0 Å². The zero-order valence-corrected chi connectivity index (χ0v) is 32.1. The van der Waals surface area contributed by atoms with Crippen molar-refractivity contribution in [3.8, 4) is 11.4 Å². The van der Waals surface area contributed by atoms with Crippen molar-refractivity contribution in [3.05, 3.63) is 83.4 Å². The molecule has 2 aliphatic carbocycles. The van der Waals surface area contributed by atoms with Crippen LogP contribution < -0.4 is 10.9 Å². The van der Waals surface area contributed by atoms with Gasteiger partial charge in [0.2, 0.25) is 0 Å². The van der Waals surface area contributed by atoms with Crippen LogP contribution in [0, 0.1) is 42.6 Å². The van der Waals surface area contributed by atoms with E-state index < -0.39 is 11.9 Å². The SMILES string of the molecule is CC1(C)CCC(C(=O)/C=C(\O)C2CCC(C)(C)CC2)CC1.Cc1cccc(C)c1B1c2cccc3c(C(F)(F)F)nnc(c23)-c2[c-]ccn21.[Ir]. The van der Waals surface area contributed by atoms with Crippen LogP contribution in [0.15, 0.2) is 60.5 Å². The molecule has 267 valence electrons. The van der Waals surface area contributed by atoms with Crippen LogP contribution in [0.25, 0.3) is 22.2 Å². The predicted molar refractivity (Wildman–Crippen MR) is 190 cm³/mol. The fraction of sp³-hybridized carbons (Fsp3) is 0.475. The number of benzene rings is 2. The Morgan fingerprint density at radius 1 is 0.920 bits per heavy atom. The first-order valence-electron chi connectivity index (χ1n) is 17.5. The quantitative estimate of drug-likeness (QED) is 0.0849. The molecule has 2 fully saturated rings. The molecule has 5 nitrogen and oxygen atoms in total. The molecule has 1 N–H and O–H groups in total. The number of aliphatic hydroxyl groups excluding tert-OH is 1. The molecule has 2 saturated carbocycles. The zero-order valence-electron chi connectivity index (χ0n) is 29.7. The summed E-state index contributed by atoms with van der Waals surface area (Å²) in [5, 5.41) is 18.4. The van der Waals surface area contributed by atoms with Crippen LogP contribution in [0.4, 0.5) is 13.2 Å². The van der Waals surface area contributed by atoms with Crippen molar-refractivity contribution in [2.24, 2.45) is 22.7 Å². The van der Waals surface area contributed by atoms with E-state index in [1.165, 1.54) is 6.07 Å². The number of rotatable bonds is 4. The molecule has 0 amide bonds. The summed E-state index contributed by atoms with van der Waals surface area (Å²) < 4.78 is 42.7. The van der Waals surface area contributed by atoms with Crippen LogP contribution in [0.5, 0.6) is 0 Å². The molecule has 3 heterocycles. The normalized spacial score (nSPS) is 18.9. The molecule has 2 aromatic heterocycles. The number of aliphatic hydroxyl groups is 1. The fourth-order valence-corrected chi connectivity index (χ4v) is 8.05. The van der Waals surface area contributed by atoms with Gasteiger partial charge in [-0.05, 0) is 86.9 Å². The van der Waals surface area contributed by atoms with Crippen molar-refractivity contribution >= 4 is 34.3 Å². The first-order valence-corrected chi connectivity index (χ1v) is 17.5. The summed E-state index contributed by atoms with van der Waals surface area (Å²) in [7, 11) is 0. The van der Waals surface area contributed by atoms with Crippen molar-refractivity contribution in [1.29, 1.82) is 0 Å². The second-order valence-electron chi connectivity index (χ2n) is 15.9. The third kappa shape index (κ3) is 7.67. The van der Waals surface area contributed by atoms with Crippen LogP contribution in [0.3, 0.4) is 0 Å². The Morgan fingerprint density at radius 3 is 2.06 bits per heavy atom. The molecule has 0 bridgehead atoms. The third-order valence-corrected chi connectivity index (χ3v) is 11.2. The molecule has 2 aromatic carbocycles. The van der Waals surface area contributed by atoms with Crippen LogP contribution >= 0.6 is 0 Å². The van der Waals surface area contributed by atoms with Gasteiger partial charge in [0.15, 0.2) is 11.5 Å². The summed E-state index contributed by atoms with van der Waals surface area (Å²) in [4.78, 5) is 12.4. The minimum atomic E-state index is -4.57. The summed E-state index contributed by atoms with van der Waals surface area (Å²) >= 11 is 0. The van der Waals surface area contributed by atoms with Gasteiger partial charge in [-0.15, -0.1) is 6.20 Å². The molecule has 50 heavy (non-hydrogen) atoms. The minimum absolute atomic E-state index is 0. The number of fused-ring (bicyclic) bond motifs is 2. The number of alkyl halides is 3. The Labute approximate surface area is 307 Å². The van der Waals surface area contributed by atoms with Gasteiger partial charge in [0, 0.05) is 49.1 Å². The number of aromatic nitrogens is 3. The van der Waals surface area contributed by atoms with Crippen LogP contribution in [0.2, 0.25) is 0 Å². The summed E-state index contributed by atoms with van der Waals surface area (Å²) in [6.07, 6.45) is 7.40. The first kappa shape index (κ1) is 38.0. The number of nitrogens with zero attached hydrogens (tertiary/aromatic N) is 3. The van der Waals surface area contributed by atoms with E-state index in [0.717, 1.165) is 73.4 Å². The number of halogens is 3. The van der Waals surface area contributed by atoms with E-state index in [1.54, 1.807) is 18.2 Å². The van der Waals surface area contributed by atoms with E-state index in [4.69, 9.17) is 0 Å². The van der Waals surface area contributed by atoms with Crippen LogP contribution in [-0.2, 0) is 31.1 Å². The standard InChI is InChI=1S/C21H14BF3N3.C19H32O2.Ir/c1-12-6-3-7-13(2)18(12)22-15-9-4-8-14-17(15)19(16-10-5-11-28(16)22)26-27-20(14)21(23,24)25;1-18(2)9-5-14(6-10-18)16(20)13-17(21)15-7-11-19(3,4)12-8-15;/h3-9,11H,1-2H3;13-15,20H,5-12H2,1-4H3;/q-1;;/b;16-13-;. The molecular weight excluding hydrogens is 814 g/mol. The minimum Gasteiger partial charge on any atom is -0.512 e. The number of carbonyl (C=O) groups is 1. The molecule has 0 saturated heterocycles. The van der Waals surface area contributed by atoms with Gasteiger partial charge >= 0.3 is 13.0 Å². The molecular formula is C40H46BF3IrN3O2-. The largest absolute Gasteiger partial charge is 0.512 e. The summed E-state index contributed by atoms with van der Waals surface area (Å²) in [6.45, 7) is 12.9. The predicted octanol–water partition coefficient (Wildman–Crippen LogP) is 8.93. The molecule has 7 rings (SSSR count). The Hall–Kier alpha value is -3.23. The molecule has 0 atom stereocenters. The molecule has 1 radical (unpaired) electrons. The average molecular weight is 861 g/mol. The van der Waals surface area contributed by atoms with Crippen LogP contribution in [-0.4, -0.2) is 32.4 Å². The maximum absolute atomic E-state index is 13.6. The number of aryl methyl sites for hydroxylation is 2. The number of hydrogen-bond donors (Lipinski definition) is 1. The topological polar surface area (TPSA) is 68.0 Å². The van der Waals surface area contributed by atoms with Crippen molar-refractivity contribution in [2.75, 3.05) is 0 Å². The van der Waals surface area contributed by atoms with Gasteiger partial charge in [-0.1, -0.05) is 86.4 Å². The van der Waals surface area contributed by atoms with E-state index >= 15 is 0 Å². The number of hydrogen-bond acceptors (Lipinski definition) is 4. The second kappa shape index (κ2) is 14.4. The van der Waals surface area contributed by atoms with E-state index in [0.29, 0.717) is 33.4 Å². The Kier molecular flexibility index (Phi) is 11.0. The van der Waals surface area contributed by atoms with Gasteiger partial charge in [-0.25, -0.2) is 5.10 Å². The summed E-state index contributed by atoms with van der Waals surface area (Å²) in [6, 6.07) is 16.0. The van der Waals surface area contributed by atoms with Gasteiger partial charge in [-0.2, -0.15) is 30.4 Å². The zero-order chi connectivity index (χ0) is 35.3. The van der Waals surface area contributed by atoms with Crippen molar-refractivity contribution < 1.29 is 43.2 Å². The number of carbonyl (C=O) groups excluding carboxylic acids is 1. The molecule has 10 heteroatoms. The van der Waals surface area contributed by atoms with E-state index in [-0.39, 0.29) is 50.0 Å². The molecule has 0 spiro atoms. The van der Waals surface area contributed by atoms with Crippen LogP contribution in [0.1, 0.15) is 95.9 Å². The molecule has 3 aliphatic rings. The van der Waals surface area contributed by atoms with E-state index in [9.17, 15) is 23.1 Å². The van der Waals surface area contributed by atoms with Crippen molar-refractivity contribution in [2.45, 2.75) is 99.1 Å². The maximum Gasteiger partial charge on any atom is 0.435 e. The van der Waals surface area contributed by atoms with Gasteiger partial charge in [0.05, 0.1) is 5.76 Å². The average Bonchev–Trinajstić information content (AvgIpc) is 3.52. The molecule has 1 aliphatic heterocycles. The maximum atomic E-state index is 13.6. The Balaban J connectivity index is 0.000000199. The van der Waals surface area contributed by atoms with Crippen molar-refractivity contribution in [1.82, 2.24) is 14.7 Å². The second-order valence-corrected chi connectivity index (χ2v) is 15.9. The first-order chi connectivity index (χ1) is 23.1.